The van der Waals surface area contributed by atoms with Gasteiger partial charge in [0.2, 0.25) is 0 Å². The molecule has 2 saturated heterocycles. The predicted molar refractivity (Wildman–Crippen MR) is 78.1 cm³/mol. The third kappa shape index (κ3) is 3.48. The molecule has 2 atom stereocenters. The highest BCUT2D eigenvalue weighted by atomic mass is 16.5. The molecule has 2 heterocycles. The summed E-state index contributed by atoms with van der Waals surface area (Å²) >= 11 is 0. The number of nitrogens with zero attached hydrogens (tertiary/aromatic N) is 1. The van der Waals surface area contributed by atoms with Crippen molar-refractivity contribution in [1.82, 2.24) is 10.2 Å². The maximum absolute atomic E-state index is 12.2. The van der Waals surface area contributed by atoms with Gasteiger partial charge in [0.15, 0.2) is 0 Å². The van der Waals surface area contributed by atoms with Crippen LogP contribution in [0.15, 0.2) is 0 Å². The molecule has 2 aliphatic heterocycles. The normalized spacial score (nSPS) is 28.4. The van der Waals surface area contributed by atoms with Crippen LogP contribution in [0, 0.1) is 11.3 Å². The number of piperidine rings is 1. The first-order valence-corrected chi connectivity index (χ1v) is 7.86. The van der Waals surface area contributed by atoms with Crippen LogP contribution < -0.4 is 5.32 Å². The van der Waals surface area contributed by atoms with Gasteiger partial charge in [0.25, 0.3) is 0 Å². The lowest BCUT2D eigenvalue weighted by atomic mass is 9.76. The number of ether oxygens (including phenoxy) is 1. The topological polar surface area (TPSA) is 78.9 Å². The van der Waals surface area contributed by atoms with Crippen LogP contribution in [0.25, 0.3) is 0 Å². The Hall–Kier alpha value is -1.30. The molecule has 0 bridgehead atoms. The van der Waals surface area contributed by atoms with Crippen LogP contribution in [-0.2, 0) is 9.53 Å². The van der Waals surface area contributed by atoms with Crippen molar-refractivity contribution in [2.45, 2.75) is 45.6 Å². The second-order valence-electron chi connectivity index (χ2n) is 6.24. The van der Waals surface area contributed by atoms with Crippen molar-refractivity contribution >= 4 is 12.0 Å². The zero-order chi connectivity index (χ0) is 15.5. The molecule has 2 aliphatic rings. The van der Waals surface area contributed by atoms with Gasteiger partial charge in [-0.15, -0.1) is 0 Å². The Balaban J connectivity index is 1.79. The largest absolute Gasteiger partial charge is 0.481 e. The van der Waals surface area contributed by atoms with Crippen LogP contribution in [0.3, 0.4) is 0 Å². The highest BCUT2D eigenvalue weighted by Crippen LogP contribution is 2.35. The van der Waals surface area contributed by atoms with E-state index in [0.717, 1.165) is 13.0 Å². The van der Waals surface area contributed by atoms with E-state index in [1.165, 1.54) is 0 Å². The number of carbonyl (C=O) groups excluding carboxylic acids is 1. The van der Waals surface area contributed by atoms with Crippen LogP contribution in [0.4, 0.5) is 4.79 Å². The third-order valence-electron chi connectivity index (χ3n) is 5.19. The highest BCUT2D eigenvalue weighted by molar-refractivity contribution is 5.77. The van der Waals surface area contributed by atoms with Crippen molar-refractivity contribution < 1.29 is 19.4 Å². The average Bonchev–Trinajstić information content (AvgIpc) is 2.90. The molecule has 120 valence electrons. The van der Waals surface area contributed by atoms with Gasteiger partial charge in [-0.2, -0.15) is 0 Å². The number of nitrogens with one attached hydrogen (secondary N) is 1. The molecule has 21 heavy (non-hydrogen) atoms. The summed E-state index contributed by atoms with van der Waals surface area (Å²) in [4.78, 5) is 25.3. The number of amides is 2. The minimum atomic E-state index is -0.734. The molecular formula is C15H26N2O4. The Bertz CT molecular complexity index is 391. The Morgan fingerprint density at radius 1 is 1.38 bits per heavy atom. The van der Waals surface area contributed by atoms with Crippen LogP contribution in [0.1, 0.15) is 39.5 Å². The lowest BCUT2D eigenvalue weighted by Gasteiger charge is -2.38. The summed E-state index contributed by atoms with van der Waals surface area (Å²) < 4.78 is 5.48. The van der Waals surface area contributed by atoms with Crippen molar-refractivity contribution in [3.8, 4) is 0 Å². The summed E-state index contributed by atoms with van der Waals surface area (Å²) in [5.41, 5.74) is -0.648. The molecule has 6 nitrogen and oxygen atoms in total. The summed E-state index contributed by atoms with van der Waals surface area (Å²) in [6.07, 6.45) is 2.88. The van der Waals surface area contributed by atoms with E-state index in [9.17, 15) is 14.7 Å². The van der Waals surface area contributed by atoms with Gasteiger partial charge in [0, 0.05) is 32.2 Å². The van der Waals surface area contributed by atoms with Gasteiger partial charge in [-0.05, 0) is 32.6 Å². The Morgan fingerprint density at radius 3 is 2.52 bits per heavy atom. The van der Waals surface area contributed by atoms with Crippen molar-refractivity contribution in [3.05, 3.63) is 0 Å². The number of carboxylic acid groups (broad SMARTS) is 1. The van der Waals surface area contributed by atoms with Gasteiger partial charge in [-0.1, -0.05) is 6.92 Å². The molecule has 0 aromatic carbocycles. The van der Waals surface area contributed by atoms with Crippen LogP contribution >= 0.6 is 0 Å². The number of rotatable bonds is 4. The highest BCUT2D eigenvalue weighted by Gasteiger charge is 2.40. The molecule has 2 unspecified atom stereocenters. The SMILES string of the molecule is CCC1(C(=O)O)CCN(C(=O)NCC2CCOC2C)CC1. The number of urea groups is 1. The molecular weight excluding hydrogens is 272 g/mol. The van der Waals surface area contributed by atoms with Gasteiger partial charge in [0.1, 0.15) is 0 Å². The quantitative estimate of drug-likeness (QED) is 0.828. The molecule has 0 aliphatic carbocycles. The average molecular weight is 298 g/mol. The summed E-state index contributed by atoms with van der Waals surface area (Å²) in [7, 11) is 0. The number of carboxylic acids is 1. The molecule has 2 rings (SSSR count). The van der Waals surface area contributed by atoms with Gasteiger partial charge in [-0.25, -0.2) is 4.79 Å². The summed E-state index contributed by atoms with van der Waals surface area (Å²) in [6.45, 7) is 6.38. The fourth-order valence-electron chi connectivity index (χ4n) is 3.23. The van der Waals surface area contributed by atoms with E-state index in [2.05, 4.69) is 5.32 Å². The van der Waals surface area contributed by atoms with Crippen LogP contribution in [0.2, 0.25) is 0 Å². The Labute approximate surface area is 125 Å². The third-order valence-corrected chi connectivity index (χ3v) is 5.19. The maximum atomic E-state index is 12.2. The first-order valence-electron chi connectivity index (χ1n) is 7.86. The van der Waals surface area contributed by atoms with Gasteiger partial charge in [0.05, 0.1) is 11.5 Å². The zero-order valence-corrected chi connectivity index (χ0v) is 12.9. The molecule has 0 aromatic heterocycles. The van der Waals surface area contributed by atoms with Gasteiger partial charge < -0.3 is 20.1 Å². The molecule has 2 N–H and O–H groups in total. The monoisotopic (exact) mass is 298 g/mol. The molecule has 6 heteroatoms. The molecule has 0 aromatic rings. The minimum Gasteiger partial charge on any atom is -0.481 e. The van der Waals surface area contributed by atoms with E-state index in [0.29, 0.717) is 44.8 Å². The first-order chi connectivity index (χ1) is 9.98. The number of aliphatic carboxylic acids is 1. The minimum absolute atomic E-state index is 0.0795. The molecule has 0 spiro atoms. The summed E-state index contributed by atoms with van der Waals surface area (Å²) in [5, 5.41) is 12.3. The standard InChI is InChI=1S/C15H26N2O4/c1-3-15(13(18)19)5-7-17(8-6-15)14(20)16-10-12-4-9-21-11(12)2/h11-12H,3-10H2,1-2H3,(H,16,20)(H,18,19). The van der Waals surface area contributed by atoms with E-state index < -0.39 is 11.4 Å². The number of hydrogen-bond donors (Lipinski definition) is 2. The second kappa shape index (κ2) is 6.64. The van der Waals surface area contributed by atoms with Gasteiger partial charge in [-0.3, -0.25) is 4.79 Å². The van der Waals surface area contributed by atoms with Crippen molar-refractivity contribution in [1.29, 1.82) is 0 Å². The van der Waals surface area contributed by atoms with Crippen molar-refractivity contribution in [2.24, 2.45) is 11.3 Å². The van der Waals surface area contributed by atoms with Crippen LogP contribution in [0.5, 0.6) is 0 Å². The fourth-order valence-corrected chi connectivity index (χ4v) is 3.23. The molecule has 2 amide bonds. The van der Waals surface area contributed by atoms with Gasteiger partial charge >= 0.3 is 12.0 Å². The van der Waals surface area contributed by atoms with E-state index in [-0.39, 0.29) is 12.1 Å². The first kappa shape index (κ1) is 16.1. The molecule has 2 fully saturated rings. The summed E-state index contributed by atoms with van der Waals surface area (Å²) in [5.74, 6) is -0.352. The number of likely N-dealkylation sites (tertiary alicyclic amines) is 1. The predicted octanol–water partition coefficient (Wildman–Crippen LogP) is 1.70. The van der Waals surface area contributed by atoms with Crippen LogP contribution in [-0.4, -0.2) is 54.4 Å². The van der Waals surface area contributed by atoms with E-state index in [4.69, 9.17) is 4.74 Å². The van der Waals surface area contributed by atoms with E-state index >= 15 is 0 Å². The lowest BCUT2D eigenvalue weighted by molar-refractivity contribution is -0.151. The van der Waals surface area contributed by atoms with E-state index in [1.807, 2.05) is 13.8 Å². The maximum Gasteiger partial charge on any atom is 0.317 e. The lowest BCUT2D eigenvalue weighted by Crippen LogP contribution is -2.50. The zero-order valence-electron chi connectivity index (χ0n) is 12.9. The summed E-state index contributed by atoms with van der Waals surface area (Å²) in [6, 6.07) is -0.0795. The molecule has 0 radical (unpaired) electrons. The second-order valence-corrected chi connectivity index (χ2v) is 6.24. The number of carbonyl (C=O) groups is 2. The molecule has 0 saturated carbocycles. The smallest absolute Gasteiger partial charge is 0.317 e. The van der Waals surface area contributed by atoms with Crippen molar-refractivity contribution in [3.63, 3.8) is 0 Å². The Morgan fingerprint density at radius 2 is 2.05 bits per heavy atom. The Kier molecular flexibility index (Phi) is 5.08. The van der Waals surface area contributed by atoms with Crippen molar-refractivity contribution in [2.75, 3.05) is 26.2 Å². The fraction of sp³-hybridized carbons (Fsp3) is 0.867. The number of hydrogen-bond acceptors (Lipinski definition) is 3. The van der Waals surface area contributed by atoms with E-state index in [1.54, 1.807) is 4.90 Å².